The first-order valence-electron chi connectivity index (χ1n) is 7.39. The Balaban J connectivity index is -0.000000579. The van der Waals surface area contributed by atoms with E-state index in [4.69, 9.17) is 5.73 Å². The summed E-state index contributed by atoms with van der Waals surface area (Å²) in [5.41, 5.74) is 7.25. The molecule has 2 nitrogen and oxygen atoms in total. The first-order chi connectivity index (χ1) is 9.16. The summed E-state index contributed by atoms with van der Waals surface area (Å²) >= 11 is 0. The normalized spacial score (nSPS) is 8.84. The first kappa shape index (κ1) is 22.8. The van der Waals surface area contributed by atoms with Gasteiger partial charge in [-0.3, -0.25) is 4.79 Å². The number of allylic oxidation sites excluding steroid dienone is 4. The largest absolute Gasteiger partial charge is 0.403 e. The SMILES string of the molecule is C=C(N)CCCCCCC(=C)/C=C\C=O.CC.CC. The van der Waals surface area contributed by atoms with E-state index >= 15 is 0 Å². The van der Waals surface area contributed by atoms with Crippen molar-refractivity contribution in [1.82, 2.24) is 0 Å². The molecular formula is C17H33NO. The highest BCUT2D eigenvalue weighted by Gasteiger charge is 1.93. The van der Waals surface area contributed by atoms with Gasteiger partial charge in [0.25, 0.3) is 0 Å². The van der Waals surface area contributed by atoms with Crippen LogP contribution in [0.3, 0.4) is 0 Å². The van der Waals surface area contributed by atoms with Crippen LogP contribution < -0.4 is 5.73 Å². The third-order valence-electron chi connectivity index (χ3n) is 2.16. The lowest BCUT2D eigenvalue weighted by atomic mass is 10.1. The van der Waals surface area contributed by atoms with Crippen LogP contribution in [0.4, 0.5) is 0 Å². The zero-order valence-corrected chi connectivity index (χ0v) is 13.4. The van der Waals surface area contributed by atoms with Gasteiger partial charge in [0, 0.05) is 5.70 Å². The van der Waals surface area contributed by atoms with Gasteiger partial charge >= 0.3 is 0 Å². The van der Waals surface area contributed by atoms with E-state index in [-0.39, 0.29) is 0 Å². The van der Waals surface area contributed by atoms with Gasteiger partial charge in [-0.15, -0.1) is 0 Å². The van der Waals surface area contributed by atoms with Crippen LogP contribution in [0.25, 0.3) is 0 Å². The molecule has 112 valence electrons. The molecule has 0 aliphatic heterocycles. The molecule has 0 aromatic heterocycles. The van der Waals surface area contributed by atoms with Crippen LogP contribution >= 0.6 is 0 Å². The molecule has 2 heteroatoms. The smallest absolute Gasteiger partial charge is 0.142 e. The second-order valence-corrected chi connectivity index (χ2v) is 3.73. The van der Waals surface area contributed by atoms with Crippen LogP contribution in [-0.2, 0) is 4.79 Å². The Bertz CT molecular complexity index is 242. The summed E-state index contributed by atoms with van der Waals surface area (Å²) < 4.78 is 0. The van der Waals surface area contributed by atoms with Crippen molar-refractivity contribution >= 4 is 6.29 Å². The number of carbonyl (C=O) groups is 1. The van der Waals surface area contributed by atoms with E-state index in [0.717, 1.165) is 43.2 Å². The summed E-state index contributed by atoms with van der Waals surface area (Å²) in [6, 6.07) is 0. The van der Waals surface area contributed by atoms with Crippen molar-refractivity contribution in [2.24, 2.45) is 5.73 Å². The zero-order chi connectivity index (χ0) is 15.5. The van der Waals surface area contributed by atoms with Gasteiger partial charge in [0.05, 0.1) is 0 Å². The average Bonchev–Trinajstić information content (AvgIpc) is 2.44. The Morgan fingerprint density at radius 3 is 1.84 bits per heavy atom. The van der Waals surface area contributed by atoms with Gasteiger partial charge in [-0.05, 0) is 31.8 Å². The standard InChI is InChI=1S/C13H21NO.2C2H6/c1-12(9-7-11-15)8-5-3-4-6-10-13(2)14;2*1-2/h7,9,11H,1-6,8,10,14H2;2*1-2H3/b9-7-;;. The fraction of sp³-hybridized carbons (Fsp3) is 0.588. The van der Waals surface area contributed by atoms with Crippen LogP contribution in [0.15, 0.2) is 36.6 Å². The maximum absolute atomic E-state index is 10.0. The fourth-order valence-corrected chi connectivity index (χ4v) is 1.32. The summed E-state index contributed by atoms with van der Waals surface area (Å²) in [6.45, 7) is 15.5. The van der Waals surface area contributed by atoms with Crippen molar-refractivity contribution in [2.75, 3.05) is 0 Å². The third-order valence-corrected chi connectivity index (χ3v) is 2.16. The highest BCUT2D eigenvalue weighted by atomic mass is 16.1. The molecule has 2 N–H and O–H groups in total. The predicted octanol–water partition coefficient (Wildman–Crippen LogP) is 5.16. The first-order valence-corrected chi connectivity index (χ1v) is 7.39. The van der Waals surface area contributed by atoms with Gasteiger partial charge in [0.15, 0.2) is 0 Å². The highest BCUT2D eigenvalue weighted by Crippen LogP contribution is 2.11. The minimum absolute atomic E-state index is 0.772. The summed E-state index contributed by atoms with van der Waals surface area (Å²) in [5.74, 6) is 0. The van der Waals surface area contributed by atoms with Crippen LogP contribution in [-0.4, -0.2) is 6.29 Å². The predicted molar refractivity (Wildman–Crippen MR) is 88.1 cm³/mol. The molecule has 0 rings (SSSR count). The van der Waals surface area contributed by atoms with Gasteiger partial charge < -0.3 is 5.73 Å². The van der Waals surface area contributed by atoms with Crippen LogP contribution in [0.1, 0.15) is 66.2 Å². The molecule has 0 aliphatic rings. The number of carbonyl (C=O) groups excluding carboxylic acids is 1. The number of aldehydes is 1. The Morgan fingerprint density at radius 2 is 1.42 bits per heavy atom. The van der Waals surface area contributed by atoms with Gasteiger partial charge in [-0.2, -0.15) is 0 Å². The molecule has 0 saturated heterocycles. The summed E-state index contributed by atoms with van der Waals surface area (Å²) in [5, 5.41) is 0. The molecule has 0 unspecified atom stereocenters. The molecule has 0 spiro atoms. The Labute approximate surface area is 120 Å². The minimum atomic E-state index is 0.772. The molecule has 0 fully saturated rings. The molecule has 0 aliphatic carbocycles. The van der Waals surface area contributed by atoms with Crippen molar-refractivity contribution in [3.05, 3.63) is 36.6 Å². The highest BCUT2D eigenvalue weighted by molar-refractivity contribution is 5.65. The Kier molecular flexibility index (Phi) is 26.3. The van der Waals surface area contributed by atoms with E-state index in [1.54, 1.807) is 6.08 Å². The third kappa shape index (κ3) is 26.4. The van der Waals surface area contributed by atoms with Gasteiger partial charge in [-0.25, -0.2) is 0 Å². The van der Waals surface area contributed by atoms with E-state index in [0.29, 0.717) is 0 Å². The van der Waals surface area contributed by atoms with Crippen LogP contribution in [0.2, 0.25) is 0 Å². The van der Waals surface area contributed by atoms with E-state index in [9.17, 15) is 4.79 Å². The van der Waals surface area contributed by atoms with E-state index in [2.05, 4.69) is 13.2 Å². The molecule has 0 radical (unpaired) electrons. The van der Waals surface area contributed by atoms with E-state index in [1.165, 1.54) is 18.9 Å². The molecular weight excluding hydrogens is 234 g/mol. The topological polar surface area (TPSA) is 43.1 Å². The van der Waals surface area contributed by atoms with Gasteiger partial charge in [-0.1, -0.05) is 65.3 Å². The quantitative estimate of drug-likeness (QED) is 0.271. The number of hydrogen-bond acceptors (Lipinski definition) is 2. The zero-order valence-electron chi connectivity index (χ0n) is 13.4. The van der Waals surface area contributed by atoms with Crippen molar-refractivity contribution < 1.29 is 4.79 Å². The number of nitrogens with two attached hydrogens (primary N) is 1. The number of rotatable bonds is 9. The fourth-order valence-electron chi connectivity index (χ4n) is 1.32. The molecule has 0 aromatic rings. The molecule has 19 heavy (non-hydrogen) atoms. The Hall–Kier alpha value is -1.31. The molecule has 0 amide bonds. The van der Waals surface area contributed by atoms with Gasteiger partial charge in [0.1, 0.15) is 6.29 Å². The van der Waals surface area contributed by atoms with Crippen molar-refractivity contribution in [1.29, 1.82) is 0 Å². The second kappa shape index (κ2) is 21.9. The minimum Gasteiger partial charge on any atom is -0.403 e. The van der Waals surface area contributed by atoms with E-state index in [1.807, 2.05) is 27.7 Å². The lowest BCUT2D eigenvalue weighted by Crippen LogP contribution is -1.93. The second-order valence-electron chi connectivity index (χ2n) is 3.73. The summed E-state index contributed by atoms with van der Waals surface area (Å²) in [4.78, 5) is 10.0. The van der Waals surface area contributed by atoms with Crippen molar-refractivity contribution in [3.8, 4) is 0 Å². The molecule has 0 heterocycles. The molecule has 0 bridgehead atoms. The summed E-state index contributed by atoms with van der Waals surface area (Å²) in [7, 11) is 0. The van der Waals surface area contributed by atoms with Crippen molar-refractivity contribution in [2.45, 2.75) is 66.2 Å². The lowest BCUT2D eigenvalue weighted by Gasteiger charge is -2.01. The number of unbranched alkanes of at least 4 members (excludes halogenated alkanes) is 3. The number of hydrogen-bond donors (Lipinski definition) is 1. The average molecular weight is 267 g/mol. The van der Waals surface area contributed by atoms with Crippen molar-refractivity contribution in [3.63, 3.8) is 0 Å². The van der Waals surface area contributed by atoms with E-state index < -0.39 is 0 Å². The monoisotopic (exact) mass is 267 g/mol. The maximum Gasteiger partial charge on any atom is 0.142 e. The van der Waals surface area contributed by atoms with Crippen LogP contribution in [0, 0.1) is 0 Å². The van der Waals surface area contributed by atoms with Gasteiger partial charge in [0.2, 0.25) is 0 Å². The molecule has 0 atom stereocenters. The Morgan fingerprint density at radius 1 is 0.947 bits per heavy atom. The molecule has 0 saturated carbocycles. The lowest BCUT2D eigenvalue weighted by molar-refractivity contribution is -0.104. The maximum atomic E-state index is 10.0. The molecule has 0 aromatic carbocycles. The summed E-state index contributed by atoms with van der Waals surface area (Å²) in [6.07, 6.45) is 10.5. The van der Waals surface area contributed by atoms with Crippen LogP contribution in [0.5, 0.6) is 0 Å².